The summed E-state index contributed by atoms with van der Waals surface area (Å²) in [7, 11) is 1.94. The Morgan fingerprint density at radius 2 is 1.79 bits per heavy atom. The highest BCUT2D eigenvalue weighted by molar-refractivity contribution is 5.79. The van der Waals surface area contributed by atoms with Crippen LogP contribution in [-0.4, -0.2) is 42.5 Å². The predicted octanol–water partition coefficient (Wildman–Crippen LogP) is 3.88. The first-order chi connectivity index (χ1) is 13.7. The molecule has 2 aromatic carbocycles. The highest BCUT2D eigenvalue weighted by Gasteiger charge is 2.26. The van der Waals surface area contributed by atoms with E-state index in [0.29, 0.717) is 13.2 Å². The van der Waals surface area contributed by atoms with Gasteiger partial charge in [-0.15, -0.1) is 0 Å². The summed E-state index contributed by atoms with van der Waals surface area (Å²) >= 11 is 0. The van der Waals surface area contributed by atoms with Crippen LogP contribution in [0.1, 0.15) is 36.0 Å². The summed E-state index contributed by atoms with van der Waals surface area (Å²) in [6, 6.07) is 16.7. The van der Waals surface area contributed by atoms with E-state index in [1.807, 2.05) is 30.1 Å². The largest absolute Gasteiger partial charge is 0.493 e. The number of likely N-dealkylation sites (tertiary alicyclic amines) is 1. The Labute approximate surface area is 168 Å². The maximum absolute atomic E-state index is 13.2. The maximum Gasteiger partial charge on any atom is 0.226 e. The average Bonchev–Trinajstić information content (AvgIpc) is 3.12. The van der Waals surface area contributed by atoms with Gasteiger partial charge in [-0.2, -0.15) is 0 Å². The standard InChI is InChI=1S/C24H30N2O2/c1-25(17-21-9-2-3-10-22(21)18-26-13-6-7-14-26)24(27)20-12-15-28-23-11-5-4-8-19(23)16-20/h2-5,8-11,20H,6-7,12-18H2,1H3. The van der Waals surface area contributed by atoms with Crippen molar-refractivity contribution in [1.29, 1.82) is 0 Å². The Hall–Kier alpha value is -2.33. The predicted molar refractivity (Wildman–Crippen MR) is 111 cm³/mol. The second kappa shape index (κ2) is 8.78. The van der Waals surface area contributed by atoms with E-state index >= 15 is 0 Å². The zero-order valence-corrected chi connectivity index (χ0v) is 16.8. The molecule has 4 nitrogen and oxygen atoms in total. The molecule has 0 aliphatic carbocycles. The number of carbonyl (C=O) groups is 1. The van der Waals surface area contributed by atoms with E-state index in [2.05, 4.69) is 35.2 Å². The van der Waals surface area contributed by atoms with Gasteiger partial charge in [0.1, 0.15) is 5.75 Å². The van der Waals surface area contributed by atoms with Crippen molar-refractivity contribution in [1.82, 2.24) is 9.80 Å². The lowest BCUT2D eigenvalue weighted by atomic mass is 9.95. The van der Waals surface area contributed by atoms with Gasteiger partial charge in [0.15, 0.2) is 0 Å². The molecule has 28 heavy (non-hydrogen) atoms. The van der Waals surface area contributed by atoms with Crippen molar-refractivity contribution in [3.63, 3.8) is 0 Å². The lowest BCUT2D eigenvalue weighted by Crippen LogP contribution is -2.34. The van der Waals surface area contributed by atoms with Gasteiger partial charge in [-0.1, -0.05) is 42.5 Å². The number of ether oxygens (including phenoxy) is 1. The normalized spacial score (nSPS) is 19.5. The van der Waals surface area contributed by atoms with Crippen LogP contribution in [0.5, 0.6) is 5.75 Å². The van der Waals surface area contributed by atoms with Crippen LogP contribution in [0.3, 0.4) is 0 Å². The quantitative estimate of drug-likeness (QED) is 0.791. The third-order valence-electron chi connectivity index (χ3n) is 6.01. The number of carbonyl (C=O) groups excluding carboxylic acids is 1. The molecule has 0 spiro atoms. The molecule has 4 heteroatoms. The maximum atomic E-state index is 13.2. The van der Waals surface area contributed by atoms with Crippen molar-refractivity contribution in [3.8, 4) is 5.75 Å². The van der Waals surface area contributed by atoms with Crippen LogP contribution in [0.15, 0.2) is 48.5 Å². The van der Waals surface area contributed by atoms with E-state index < -0.39 is 0 Å². The first kappa shape index (κ1) is 19.0. The third-order valence-corrected chi connectivity index (χ3v) is 6.01. The Kier molecular flexibility index (Phi) is 5.96. The van der Waals surface area contributed by atoms with Crippen LogP contribution in [0.4, 0.5) is 0 Å². The SMILES string of the molecule is CN(Cc1ccccc1CN1CCCC1)C(=O)C1CCOc2ccccc2C1. The minimum atomic E-state index is -0.0144. The summed E-state index contributed by atoms with van der Waals surface area (Å²) in [5.41, 5.74) is 3.75. The van der Waals surface area contributed by atoms with Gasteiger partial charge >= 0.3 is 0 Å². The van der Waals surface area contributed by atoms with Crippen LogP contribution in [0.2, 0.25) is 0 Å². The summed E-state index contributed by atoms with van der Waals surface area (Å²) in [5, 5.41) is 0. The summed E-state index contributed by atoms with van der Waals surface area (Å²) in [6.45, 7) is 4.63. The highest BCUT2D eigenvalue weighted by Crippen LogP contribution is 2.28. The molecule has 148 valence electrons. The molecule has 2 heterocycles. The van der Waals surface area contributed by atoms with Crippen LogP contribution in [-0.2, 0) is 24.3 Å². The van der Waals surface area contributed by atoms with E-state index in [9.17, 15) is 4.79 Å². The first-order valence-electron chi connectivity index (χ1n) is 10.5. The minimum absolute atomic E-state index is 0.0144. The van der Waals surface area contributed by atoms with Crippen molar-refractivity contribution in [2.45, 2.75) is 38.8 Å². The van der Waals surface area contributed by atoms with E-state index in [-0.39, 0.29) is 11.8 Å². The van der Waals surface area contributed by atoms with Gasteiger partial charge in [0.2, 0.25) is 5.91 Å². The molecule has 1 fully saturated rings. The molecule has 1 unspecified atom stereocenters. The molecule has 2 aliphatic heterocycles. The van der Waals surface area contributed by atoms with Crippen molar-refractivity contribution < 1.29 is 9.53 Å². The molecule has 4 rings (SSSR count). The molecule has 1 amide bonds. The number of hydrogen-bond acceptors (Lipinski definition) is 3. The van der Waals surface area contributed by atoms with Crippen LogP contribution in [0.25, 0.3) is 0 Å². The van der Waals surface area contributed by atoms with Gasteiger partial charge in [-0.25, -0.2) is 0 Å². The molecule has 2 aromatic rings. The monoisotopic (exact) mass is 378 g/mol. The molecule has 0 radical (unpaired) electrons. The molecule has 1 saturated heterocycles. The summed E-state index contributed by atoms with van der Waals surface area (Å²) in [4.78, 5) is 17.6. The number of nitrogens with zero attached hydrogens (tertiary/aromatic N) is 2. The third kappa shape index (κ3) is 4.39. The fraction of sp³-hybridized carbons (Fsp3) is 0.458. The Bertz CT molecular complexity index is 814. The van der Waals surface area contributed by atoms with Crippen molar-refractivity contribution in [3.05, 3.63) is 65.2 Å². The number of fused-ring (bicyclic) bond motifs is 1. The topological polar surface area (TPSA) is 32.8 Å². The number of amides is 1. The molecular formula is C24H30N2O2. The van der Waals surface area contributed by atoms with Gasteiger partial charge in [-0.05, 0) is 61.5 Å². The molecule has 0 aromatic heterocycles. The van der Waals surface area contributed by atoms with E-state index in [4.69, 9.17) is 4.74 Å². The Morgan fingerprint density at radius 1 is 1.07 bits per heavy atom. The zero-order chi connectivity index (χ0) is 19.3. The van der Waals surface area contributed by atoms with Crippen LogP contribution < -0.4 is 4.74 Å². The van der Waals surface area contributed by atoms with Gasteiger partial charge in [0, 0.05) is 26.1 Å². The molecule has 2 aliphatic rings. The lowest BCUT2D eigenvalue weighted by Gasteiger charge is -2.25. The second-order valence-corrected chi connectivity index (χ2v) is 8.09. The smallest absolute Gasteiger partial charge is 0.226 e. The Balaban J connectivity index is 1.43. The van der Waals surface area contributed by atoms with Crippen LogP contribution in [0, 0.1) is 5.92 Å². The number of benzene rings is 2. The van der Waals surface area contributed by atoms with Crippen LogP contribution >= 0.6 is 0 Å². The minimum Gasteiger partial charge on any atom is -0.493 e. The fourth-order valence-electron chi connectivity index (χ4n) is 4.40. The van der Waals surface area contributed by atoms with E-state index in [0.717, 1.165) is 30.7 Å². The number of hydrogen-bond donors (Lipinski definition) is 0. The highest BCUT2D eigenvalue weighted by atomic mass is 16.5. The summed E-state index contributed by atoms with van der Waals surface area (Å²) < 4.78 is 5.84. The van der Waals surface area contributed by atoms with Gasteiger partial charge in [0.05, 0.1) is 6.61 Å². The van der Waals surface area contributed by atoms with Crippen molar-refractivity contribution in [2.75, 3.05) is 26.7 Å². The first-order valence-corrected chi connectivity index (χ1v) is 10.5. The lowest BCUT2D eigenvalue weighted by molar-refractivity contribution is -0.135. The van der Waals surface area contributed by atoms with Crippen molar-refractivity contribution in [2.24, 2.45) is 5.92 Å². The molecular weight excluding hydrogens is 348 g/mol. The van der Waals surface area contributed by atoms with Gasteiger partial charge < -0.3 is 9.64 Å². The van der Waals surface area contributed by atoms with Gasteiger partial charge in [-0.3, -0.25) is 9.69 Å². The van der Waals surface area contributed by atoms with E-state index in [1.165, 1.54) is 37.1 Å². The molecule has 1 atom stereocenters. The second-order valence-electron chi connectivity index (χ2n) is 8.09. The van der Waals surface area contributed by atoms with Gasteiger partial charge in [0.25, 0.3) is 0 Å². The summed E-state index contributed by atoms with van der Waals surface area (Å²) in [6.07, 6.45) is 4.12. The molecule has 0 bridgehead atoms. The fourth-order valence-corrected chi connectivity index (χ4v) is 4.40. The molecule has 0 N–H and O–H groups in total. The Morgan fingerprint density at radius 3 is 2.61 bits per heavy atom. The molecule has 0 saturated carbocycles. The van der Waals surface area contributed by atoms with Crippen molar-refractivity contribution >= 4 is 5.91 Å². The zero-order valence-electron chi connectivity index (χ0n) is 16.8. The average molecular weight is 379 g/mol. The number of rotatable bonds is 5. The van der Waals surface area contributed by atoms with E-state index in [1.54, 1.807) is 0 Å². The summed E-state index contributed by atoms with van der Waals surface area (Å²) in [5.74, 6) is 1.13. The number of para-hydroxylation sites is 1.